The largest absolute Gasteiger partial charge is 0.497 e. The summed E-state index contributed by atoms with van der Waals surface area (Å²) in [5.74, 6) is 2.87. The molecule has 516 valence electrons. The molecular weight excluding hydrogens is 1440 g/mol. The lowest BCUT2D eigenvalue weighted by molar-refractivity contribution is 0.0690. The molecule has 6 aliphatic heterocycles. The zero-order chi connectivity index (χ0) is 70.5. The third-order valence-electron chi connectivity index (χ3n) is 17.3. The Morgan fingerprint density at radius 1 is 0.545 bits per heavy atom. The standard InChI is InChI=1S/C24H19ClFN3O3S.C17H14BrFN2O2S.C17H16FN3O2S.C6H4ClNO2.C6H14N2/c1-31-15-10-17-22(18(26)11-15)32-21-5-2-13(9-20(30)19-4-3-14(25)12-28-19)8-16(21)24(17)6-7-33-23(27)29-24;1-22-10-7-12-15(13(19)8-10)23-14-3-2-9(18)6-11(14)17(12)4-5-24-16(20)21-17;1-22-10-7-12-15(13(18)8-10)23-14-3-2-9(19)6-11(14)17(12)4-5-24-16(20)21-17;7-4-1-2-5(6(9)10)8-3-4;7-5-3-1-2-4-6(5)8/h2-5,8,10-12H,6-7,9H2,1H3,(H2,27,29);2-3,6-8H,4-5H2,1H3,(H2,20,21);2-3,6-8H,4-5,19H2,1H3,(H2,20,21);1-3H,(H,9,10);5-6H,1-4,7-8H2/t24-;2*17-;;5-,6-/m000.0/s1. The van der Waals surface area contributed by atoms with Crippen molar-refractivity contribution in [2.24, 2.45) is 43.6 Å². The Labute approximate surface area is 599 Å². The highest BCUT2D eigenvalue weighted by Crippen LogP contribution is 2.58. The van der Waals surface area contributed by atoms with Crippen LogP contribution in [0.3, 0.4) is 0 Å². The number of carboxylic acid groups (broad SMARTS) is 1. The van der Waals surface area contributed by atoms with E-state index in [1.165, 1.54) is 112 Å². The van der Waals surface area contributed by atoms with Crippen molar-refractivity contribution in [1.82, 2.24) is 9.97 Å². The molecule has 99 heavy (non-hydrogen) atoms. The molecule has 0 unspecified atom stereocenters. The highest BCUT2D eigenvalue weighted by Gasteiger charge is 2.49. The number of nitrogens with two attached hydrogens (primary N) is 6. The van der Waals surface area contributed by atoms with E-state index in [0.29, 0.717) is 113 Å². The third-order valence-corrected chi connectivity index (χ3v) is 20.6. The maximum Gasteiger partial charge on any atom is 0.354 e. The summed E-state index contributed by atoms with van der Waals surface area (Å²) in [6, 6.07) is 32.2. The summed E-state index contributed by atoms with van der Waals surface area (Å²) in [5.41, 5.74) is 38.9. The maximum atomic E-state index is 15.0. The number of benzene rings is 6. The van der Waals surface area contributed by atoms with E-state index in [1.54, 1.807) is 54.6 Å². The van der Waals surface area contributed by atoms with Crippen molar-refractivity contribution in [3.63, 3.8) is 0 Å². The molecule has 8 aromatic rings. The van der Waals surface area contributed by atoms with Gasteiger partial charge in [0.05, 0.1) is 31.4 Å². The number of carbonyl (C=O) groups is 2. The number of Topliss-reactive ketones (excluding diaryl/α,β-unsaturated/α-hetero) is 1. The predicted molar refractivity (Wildman–Crippen MR) is 387 cm³/mol. The molecule has 3 spiro atoms. The van der Waals surface area contributed by atoms with E-state index in [0.717, 1.165) is 51.1 Å². The number of ether oxygens (including phenoxy) is 6. The van der Waals surface area contributed by atoms with Gasteiger partial charge in [-0.05, 0) is 129 Å². The monoisotopic (exact) mass is 1510 g/mol. The fraction of sp³-hybridized carbons (Fsp3) is 0.271. The van der Waals surface area contributed by atoms with Gasteiger partial charge in [0.25, 0.3) is 0 Å². The molecule has 15 rings (SSSR count). The fourth-order valence-corrected chi connectivity index (χ4v) is 15.5. The van der Waals surface area contributed by atoms with Crippen LogP contribution in [0.2, 0.25) is 10.0 Å². The van der Waals surface area contributed by atoms with Gasteiger partial charge < -0.3 is 67.9 Å². The van der Waals surface area contributed by atoms with Crippen LogP contribution in [0.4, 0.5) is 18.9 Å². The van der Waals surface area contributed by atoms with Gasteiger partial charge in [0.2, 0.25) is 0 Å². The van der Waals surface area contributed by atoms with E-state index in [1.807, 2.05) is 30.3 Å². The van der Waals surface area contributed by atoms with Crippen LogP contribution >= 0.6 is 74.4 Å². The van der Waals surface area contributed by atoms with Crippen LogP contribution in [-0.2, 0) is 23.0 Å². The average molecular weight is 1510 g/mol. The number of aliphatic imine (C=N–C) groups is 3. The number of carboxylic acids is 1. The molecule has 0 radical (unpaired) electrons. The summed E-state index contributed by atoms with van der Waals surface area (Å²) < 4.78 is 78.5. The predicted octanol–water partition coefficient (Wildman–Crippen LogP) is 14.4. The zero-order valence-electron chi connectivity index (χ0n) is 53.5. The van der Waals surface area contributed by atoms with Gasteiger partial charge >= 0.3 is 5.97 Å². The fourth-order valence-electron chi connectivity index (χ4n) is 12.4. The van der Waals surface area contributed by atoms with Gasteiger partial charge in [-0.15, -0.1) is 0 Å². The molecular formula is C70H67BrCl2F3N11O9S3. The van der Waals surface area contributed by atoms with Crippen LogP contribution in [0.25, 0.3) is 0 Å². The van der Waals surface area contributed by atoms with Crippen LogP contribution in [0.1, 0.15) is 105 Å². The number of ketones is 1. The number of aromatic nitrogens is 2. The zero-order valence-corrected chi connectivity index (χ0v) is 59.0. The summed E-state index contributed by atoms with van der Waals surface area (Å²) in [4.78, 5) is 44.9. The van der Waals surface area contributed by atoms with Gasteiger partial charge in [-0.2, -0.15) is 0 Å². The summed E-state index contributed by atoms with van der Waals surface area (Å²) in [6.45, 7) is 0. The number of aromatic carboxylic acids is 1. The number of anilines is 1. The number of hydrogen-bond donors (Lipinski definition) is 7. The van der Waals surface area contributed by atoms with Crippen molar-refractivity contribution in [1.29, 1.82) is 0 Å². The molecule has 8 heterocycles. The van der Waals surface area contributed by atoms with Crippen molar-refractivity contribution in [3.8, 4) is 51.7 Å². The number of halogens is 6. The van der Waals surface area contributed by atoms with Gasteiger partial charge in [-0.3, -0.25) is 9.78 Å². The van der Waals surface area contributed by atoms with Crippen molar-refractivity contribution >= 4 is 107 Å². The van der Waals surface area contributed by atoms with Crippen molar-refractivity contribution in [2.45, 2.75) is 80.1 Å². The normalized spacial score (nSPS) is 20.8. The molecule has 0 saturated heterocycles. The molecule has 6 aromatic carbocycles. The Balaban J connectivity index is 0.000000135. The molecule has 1 aliphatic carbocycles. The van der Waals surface area contributed by atoms with Crippen molar-refractivity contribution in [2.75, 3.05) is 44.3 Å². The minimum atomic E-state index is -1.04. The maximum absolute atomic E-state index is 15.0. The molecule has 7 aliphatic rings. The molecule has 2 aromatic heterocycles. The van der Waals surface area contributed by atoms with E-state index >= 15 is 0 Å². The first kappa shape index (κ1) is 71.9. The molecule has 1 fully saturated rings. The molecule has 13 N–H and O–H groups in total. The average Bonchev–Trinajstić information content (AvgIpc) is 0.736. The summed E-state index contributed by atoms with van der Waals surface area (Å²) in [6.07, 6.45) is 9.62. The van der Waals surface area contributed by atoms with Crippen molar-refractivity contribution in [3.05, 3.63) is 210 Å². The first-order valence-corrected chi connectivity index (χ1v) is 35.4. The Morgan fingerprint density at radius 3 is 1.32 bits per heavy atom. The lowest BCUT2D eigenvalue weighted by Gasteiger charge is -2.39. The number of nitrogens with zero attached hydrogens (tertiary/aromatic N) is 5. The summed E-state index contributed by atoms with van der Waals surface area (Å²) in [7, 11) is 4.49. The van der Waals surface area contributed by atoms with E-state index in [9.17, 15) is 22.8 Å². The van der Waals surface area contributed by atoms with Crippen LogP contribution < -0.4 is 62.8 Å². The number of pyridine rings is 2. The second kappa shape index (κ2) is 30.6. The van der Waals surface area contributed by atoms with Gasteiger partial charge in [0.15, 0.2) is 56.0 Å². The molecule has 5 atom stereocenters. The van der Waals surface area contributed by atoms with Crippen LogP contribution in [-0.4, -0.2) is 93.0 Å². The van der Waals surface area contributed by atoms with E-state index < -0.39 is 40.0 Å². The third kappa shape index (κ3) is 15.4. The number of fused-ring (bicyclic) bond motifs is 12. The van der Waals surface area contributed by atoms with Gasteiger partial charge in [-0.1, -0.05) is 93.3 Å². The number of nitrogen functional groups attached to an aromatic ring is 1. The SMILES string of the molecule is COc1cc(F)c2c(c1)[C@]1(CCSC(N)=N1)c1cc(Br)ccc1O2.COc1cc(F)c2c(c1)[C@]1(CCSC(N)=N1)c1cc(CC(=O)c3ccc(Cl)cn3)ccc1O2.COc1cc(F)c2c(c1)[C@]1(CCSC(N)=N1)c1cc(N)ccc1O2.N[C@H]1CCCC[C@@H]1N.O=C(O)c1ccc(Cl)cn1. The Hall–Kier alpha value is -8.41. The topological polar surface area (TPSA) is 329 Å². The van der Waals surface area contributed by atoms with Crippen LogP contribution in [0, 0.1) is 17.5 Å². The number of amidine groups is 3. The van der Waals surface area contributed by atoms with Gasteiger partial charge in [-0.25, -0.2) is 37.9 Å². The number of methoxy groups -OCH3 is 3. The minimum absolute atomic E-state index is 0.00407. The quantitative estimate of drug-likeness (QED) is 0.0576. The summed E-state index contributed by atoms with van der Waals surface area (Å²) >= 11 is 19.3. The lowest BCUT2D eigenvalue weighted by atomic mass is 9.77. The molecule has 29 heteroatoms. The van der Waals surface area contributed by atoms with Gasteiger partial charge in [0.1, 0.15) is 62.5 Å². The Kier molecular flexibility index (Phi) is 22.2. The summed E-state index contributed by atoms with van der Waals surface area (Å²) in [5, 5.41) is 10.6. The van der Waals surface area contributed by atoms with E-state index in [2.05, 4.69) is 25.9 Å². The number of rotatable bonds is 7. The Bertz CT molecular complexity index is 4360. The molecule has 0 amide bonds. The number of thioether (sulfide) groups is 3. The first-order valence-electron chi connectivity index (χ1n) is 30.9. The van der Waals surface area contributed by atoms with Crippen LogP contribution in [0.15, 0.2) is 147 Å². The second-order valence-corrected chi connectivity index (χ2v) is 28.6. The van der Waals surface area contributed by atoms with E-state index in [-0.39, 0.29) is 47.2 Å². The minimum Gasteiger partial charge on any atom is -0.497 e. The molecule has 1 saturated carbocycles. The highest BCUT2D eigenvalue weighted by molar-refractivity contribution is 9.10. The van der Waals surface area contributed by atoms with E-state index in [4.69, 9.17) is 106 Å². The Morgan fingerprint density at radius 2 is 0.939 bits per heavy atom. The molecule has 0 bridgehead atoms. The van der Waals surface area contributed by atoms with Crippen LogP contribution in [0.5, 0.6) is 51.7 Å². The van der Waals surface area contributed by atoms with Gasteiger partial charge in [0, 0.05) is 110 Å². The molecule has 20 nitrogen and oxygen atoms in total. The lowest BCUT2D eigenvalue weighted by Crippen LogP contribution is -2.43. The number of carbonyl (C=O) groups excluding carboxylic acids is 1. The number of hydrogen-bond acceptors (Lipinski definition) is 22. The second-order valence-electron chi connectivity index (χ2n) is 23.5. The first-order chi connectivity index (χ1) is 47.5. The van der Waals surface area contributed by atoms with Crippen molar-refractivity contribution < 1.29 is 56.3 Å². The highest BCUT2D eigenvalue weighted by atomic mass is 79.9. The smallest absolute Gasteiger partial charge is 0.354 e.